The van der Waals surface area contributed by atoms with Gasteiger partial charge in [-0.15, -0.1) is 0 Å². The number of nitrogens with zero attached hydrogens (tertiary/aromatic N) is 1. The molecule has 4 heteroatoms. The Labute approximate surface area is 139 Å². The Morgan fingerprint density at radius 2 is 2.30 bits per heavy atom. The van der Waals surface area contributed by atoms with E-state index < -0.39 is 0 Å². The molecule has 23 heavy (non-hydrogen) atoms. The van der Waals surface area contributed by atoms with Gasteiger partial charge < -0.3 is 15.0 Å². The van der Waals surface area contributed by atoms with E-state index in [1.165, 1.54) is 31.4 Å². The predicted octanol–water partition coefficient (Wildman–Crippen LogP) is 2.54. The number of nitrogens with one attached hydrogen (secondary N) is 1. The SMILES string of the molecule is CC1CCCCN1CCCNC(=O)Cc1ccc2c(c1)CCO2. The summed E-state index contributed by atoms with van der Waals surface area (Å²) in [5.41, 5.74) is 2.31. The van der Waals surface area contributed by atoms with Gasteiger partial charge in [0.05, 0.1) is 13.0 Å². The number of carbonyl (C=O) groups excluding carboxylic acids is 1. The van der Waals surface area contributed by atoms with E-state index in [1.807, 2.05) is 12.1 Å². The van der Waals surface area contributed by atoms with Crippen molar-refractivity contribution in [3.8, 4) is 5.75 Å². The minimum absolute atomic E-state index is 0.121. The maximum absolute atomic E-state index is 12.1. The molecule has 0 spiro atoms. The Morgan fingerprint density at radius 1 is 1.39 bits per heavy atom. The Bertz CT molecular complexity index is 544. The molecule has 1 amide bonds. The number of amides is 1. The van der Waals surface area contributed by atoms with E-state index in [1.54, 1.807) is 0 Å². The summed E-state index contributed by atoms with van der Waals surface area (Å²) in [6.45, 7) is 6.16. The molecule has 0 bridgehead atoms. The summed E-state index contributed by atoms with van der Waals surface area (Å²) in [4.78, 5) is 14.6. The number of rotatable bonds is 6. The van der Waals surface area contributed by atoms with E-state index in [4.69, 9.17) is 4.74 Å². The van der Waals surface area contributed by atoms with Crippen LogP contribution in [0.1, 0.15) is 43.7 Å². The third kappa shape index (κ3) is 4.47. The van der Waals surface area contributed by atoms with Gasteiger partial charge in [0.2, 0.25) is 5.91 Å². The average Bonchev–Trinajstić information content (AvgIpc) is 3.01. The zero-order valence-corrected chi connectivity index (χ0v) is 14.1. The van der Waals surface area contributed by atoms with Crippen LogP contribution in [0.25, 0.3) is 0 Å². The summed E-state index contributed by atoms with van der Waals surface area (Å²) in [5.74, 6) is 1.10. The lowest BCUT2D eigenvalue weighted by Gasteiger charge is -2.33. The van der Waals surface area contributed by atoms with Crippen LogP contribution in [0, 0.1) is 0 Å². The van der Waals surface area contributed by atoms with Crippen LogP contribution in [0.5, 0.6) is 5.75 Å². The highest BCUT2D eigenvalue weighted by molar-refractivity contribution is 5.78. The van der Waals surface area contributed by atoms with Gasteiger partial charge in [-0.25, -0.2) is 0 Å². The van der Waals surface area contributed by atoms with Crippen LogP contribution in [0.4, 0.5) is 0 Å². The molecular formula is C19H28N2O2. The van der Waals surface area contributed by atoms with Crippen LogP contribution in [-0.4, -0.2) is 43.1 Å². The highest BCUT2D eigenvalue weighted by atomic mass is 16.5. The fourth-order valence-electron chi connectivity index (χ4n) is 3.60. The summed E-state index contributed by atoms with van der Waals surface area (Å²) in [6, 6.07) is 6.80. The second kappa shape index (κ2) is 7.82. The molecule has 2 heterocycles. The summed E-state index contributed by atoms with van der Waals surface area (Å²) < 4.78 is 5.50. The second-order valence-electron chi connectivity index (χ2n) is 6.80. The Kier molecular flexibility index (Phi) is 5.55. The number of fused-ring (bicyclic) bond motifs is 1. The summed E-state index contributed by atoms with van der Waals surface area (Å²) in [5, 5.41) is 3.06. The van der Waals surface area contributed by atoms with E-state index in [2.05, 4.69) is 23.2 Å². The van der Waals surface area contributed by atoms with E-state index in [0.717, 1.165) is 43.9 Å². The first-order valence-electron chi connectivity index (χ1n) is 8.98. The quantitative estimate of drug-likeness (QED) is 0.820. The molecule has 0 saturated carbocycles. The predicted molar refractivity (Wildman–Crippen MR) is 91.9 cm³/mol. The molecule has 1 saturated heterocycles. The van der Waals surface area contributed by atoms with Crippen molar-refractivity contribution in [2.45, 2.75) is 51.5 Å². The molecule has 3 rings (SSSR count). The molecule has 1 fully saturated rings. The van der Waals surface area contributed by atoms with Gasteiger partial charge in [-0.1, -0.05) is 18.6 Å². The molecule has 2 aliphatic rings. The van der Waals surface area contributed by atoms with E-state index in [9.17, 15) is 4.79 Å². The lowest BCUT2D eigenvalue weighted by molar-refractivity contribution is -0.120. The molecule has 1 atom stereocenters. The maximum Gasteiger partial charge on any atom is 0.224 e. The molecule has 1 aromatic rings. The smallest absolute Gasteiger partial charge is 0.224 e. The number of benzene rings is 1. The minimum Gasteiger partial charge on any atom is -0.493 e. The molecule has 1 unspecified atom stereocenters. The van der Waals surface area contributed by atoms with Crippen LogP contribution in [0.2, 0.25) is 0 Å². The first kappa shape index (κ1) is 16.3. The molecule has 0 radical (unpaired) electrons. The summed E-state index contributed by atoms with van der Waals surface area (Å²) >= 11 is 0. The van der Waals surface area contributed by atoms with Gasteiger partial charge in [0.15, 0.2) is 0 Å². The Morgan fingerprint density at radius 3 is 3.17 bits per heavy atom. The number of likely N-dealkylation sites (tertiary alicyclic amines) is 1. The highest BCUT2D eigenvalue weighted by Gasteiger charge is 2.17. The largest absolute Gasteiger partial charge is 0.493 e. The molecule has 4 nitrogen and oxygen atoms in total. The third-order valence-corrected chi connectivity index (χ3v) is 5.00. The zero-order valence-electron chi connectivity index (χ0n) is 14.1. The number of hydrogen-bond acceptors (Lipinski definition) is 3. The van der Waals surface area contributed by atoms with Crippen LogP contribution < -0.4 is 10.1 Å². The van der Waals surface area contributed by atoms with Crippen LogP contribution in [-0.2, 0) is 17.6 Å². The topological polar surface area (TPSA) is 41.6 Å². The molecule has 0 aromatic heterocycles. The van der Waals surface area contributed by atoms with Crippen molar-refractivity contribution in [2.24, 2.45) is 0 Å². The van der Waals surface area contributed by atoms with Crippen molar-refractivity contribution in [2.75, 3.05) is 26.2 Å². The van der Waals surface area contributed by atoms with Crippen LogP contribution in [0.3, 0.4) is 0 Å². The zero-order chi connectivity index (χ0) is 16.1. The Hall–Kier alpha value is -1.55. The number of piperidine rings is 1. The molecule has 2 aliphatic heterocycles. The van der Waals surface area contributed by atoms with Gasteiger partial charge in [0.25, 0.3) is 0 Å². The standard InChI is InChI=1S/C19H28N2O2/c1-15-5-2-3-10-21(15)11-4-9-20-19(22)14-16-6-7-18-17(13-16)8-12-23-18/h6-7,13,15H,2-5,8-12,14H2,1H3,(H,20,22). The normalized spacial score (nSPS) is 20.8. The molecule has 0 aliphatic carbocycles. The van der Waals surface area contributed by atoms with Crippen molar-refractivity contribution in [3.05, 3.63) is 29.3 Å². The first-order valence-corrected chi connectivity index (χ1v) is 8.98. The fraction of sp³-hybridized carbons (Fsp3) is 0.632. The summed E-state index contributed by atoms with van der Waals surface area (Å²) in [6.07, 6.45) is 6.45. The van der Waals surface area contributed by atoms with Gasteiger partial charge in [0, 0.05) is 25.6 Å². The van der Waals surface area contributed by atoms with E-state index in [-0.39, 0.29) is 5.91 Å². The van der Waals surface area contributed by atoms with Gasteiger partial charge >= 0.3 is 0 Å². The molecular weight excluding hydrogens is 288 g/mol. The maximum atomic E-state index is 12.1. The number of carbonyl (C=O) groups is 1. The van der Waals surface area contributed by atoms with Crippen molar-refractivity contribution < 1.29 is 9.53 Å². The molecule has 1 aromatic carbocycles. The average molecular weight is 316 g/mol. The van der Waals surface area contributed by atoms with E-state index in [0.29, 0.717) is 12.5 Å². The number of hydrogen-bond donors (Lipinski definition) is 1. The highest BCUT2D eigenvalue weighted by Crippen LogP contribution is 2.25. The third-order valence-electron chi connectivity index (χ3n) is 5.00. The lowest BCUT2D eigenvalue weighted by Crippen LogP contribution is -2.39. The van der Waals surface area contributed by atoms with E-state index >= 15 is 0 Å². The Balaban J connectivity index is 1.36. The monoisotopic (exact) mass is 316 g/mol. The van der Waals surface area contributed by atoms with Gasteiger partial charge in [0.1, 0.15) is 5.75 Å². The minimum atomic E-state index is 0.121. The molecule has 1 N–H and O–H groups in total. The van der Waals surface area contributed by atoms with Crippen LogP contribution >= 0.6 is 0 Å². The number of ether oxygens (including phenoxy) is 1. The van der Waals surface area contributed by atoms with Crippen molar-refractivity contribution in [1.29, 1.82) is 0 Å². The van der Waals surface area contributed by atoms with Crippen molar-refractivity contribution in [3.63, 3.8) is 0 Å². The van der Waals surface area contributed by atoms with Crippen LogP contribution in [0.15, 0.2) is 18.2 Å². The second-order valence-corrected chi connectivity index (χ2v) is 6.80. The fourth-order valence-corrected chi connectivity index (χ4v) is 3.60. The van der Waals surface area contributed by atoms with Gasteiger partial charge in [-0.3, -0.25) is 4.79 Å². The van der Waals surface area contributed by atoms with Crippen molar-refractivity contribution in [1.82, 2.24) is 10.2 Å². The van der Waals surface area contributed by atoms with Gasteiger partial charge in [-0.2, -0.15) is 0 Å². The summed E-state index contributed by atoms with van der Waals surface area (Å²) in [7, 11) is 0. The lowest BCUT2D eigenvalue weighted by atomic mass is 10.0. The molecule has 126 valence electrons. The van der Waals surface area contributed by atoms with Gasteiger partial charge in [-0.05, 0) is 49.9 Å². The first-order chi connectivity index (χ1) is 11.2. The van der Waals surface area contributed by atoms with Crippen molar-refractivity contribution >= 4 is 5.91 Å².